The van der Waals surface area contributed by atoms with Gasteiger partial charge in [-0.25, -0.2) is 0 Å². The van der Waals surface area contributed by atoms with Crippen LogP contribution >= 0.6 is 11.6 Å². The van der Waals surface area contributed by atoms with Crippen molar-refractivity contribution in [3.63, 3.8) is 0 Å². The molecule has 31 heavy (non-hydrogen) atoms. The van der Waals surface area contributed by atoms with E-state index in [1.54, 1.807) is 0 Å². The van der Waals surface area contributed by atoms with Gasteiger partial charge in [0, 0.05) is 52.4 Å². The van der Waals surface area contributed by atoms with E-state index in [4.69, 9.17) is 11.6 Å². The Labute approximate surface area is 188 Å². The second kappa shape index (κ2) is 8.21. The van der Waals surface area contributed by atoms with Crippen molar-refractivity contribution in [2.24, 2.45) is 0 Å². The number of hydrogen-bond donors (Lipinski definition) is 2. The summed E-state index contributed by atoms with van der Waals surface area (Å²) in [6.07, 6.45) is 0.909. The van der Waals surface area contributed by atoms with Gasteiger partial charge in [-0.15, -0.1) is 0 Å². The third-order valence-electron chi connectivity index (χ3n) is 6.87. The highest BCUT2D eigenvalue weighted by Gasteiger charge is 2.28. The van der Waals surface area contributed by atoms with Gasteiger partial charge in [-0.3, -0.25) is 4.79 Å². The van der Waals surface area contributed by atoms with Crippen molar-refractivity contribution in [2.45, 2.75) is 26.8 Å². The van der Waals surface area contributed by atoms with Crippen LogP contribution in [0, 0.1) is 13.8 Å². The minimum Gasteiger partial charge on any atom is -0.360 e. The van der Waals surface area contributed by atoms with E-state index in [1.165, 1.54) is 43.9 Å². The molecule has 3 aromatic rings. The number of carbonyl (C=O) groups is 1. The van der Waals surface area contributed by atoms with E-state index in [0.717, 1.165) is 50.7 Å². The summed E-state index contributed by atoms with van der Waals surface area (Å²) in [5, 5.41) is 2.05. The highest BCUT2D eigenvalue weighted by atomic mass is 35.5. The number of aryl methyl sites for hydroxylation is 2. The van der Waals surface area contributed by atoms with E-state index < -0.39 is 0 Å². The Morgan fingerprint density at radius 3 is 2.71 bits per heavy atom. The van der Waals surface area contributed by atoms with Gasteiger partial charge >= 0.3 is 0 Å². The summed E-state index contributed by atoms with van der Waals surface area (Å²) in [4.78, 5) is 22.5. The molecule has 162 valence electrons. The number of halogens is 1. The molecule has 2 N–H and O–H groups in total. The van der Waals surface area contributed by atoms with E-state index in [9.17, 15) is 4.79 Å². The van der Waals surface area contributed by atoms with Crippen molar-refractivity contribution in [1.29, 1.82) is 0 Å². The summed E-state index contributed by atoms with van der Waals surface area (Å²) in [6.45, 7) is 10.2. The third kappa shape index (κ3) is 4.04. The number of fused-ring (bicyclic) bond motifs is 3. The van der Waals surface area contributed by atoms with Crippen LogP contribution < -0.4 is 9.80 Å². The molecule has 6 heteroatoms. The Kier molecular flexibility index (Phi) is 5.40. The lowest BCUT2D eigenvalue weighted by Gasteiger charge is -2.35. The number of nitrogens with zero attached hydrogens (tertiary/aromatic N) is 2. The number of rotatable bonds is 3. The van der Waals surface area contributed by atoms with Crippen LogP contribution in [0.25, 0.3) is 10.9 Å². The van der Waals surface area contributed by atoms with Crippen molar-refractivity contribution in [2.75, 3.05) is 44.2 Å². The molecule has 0 bridgehead atoms. The number of anilines is 1. The first-order valence-electron chi connectivity index (χ1n) is 11.2. The van der Waals surface area contributed by atoms with E-state index in [0.29, 0.717) is 6.54 Å². The first-order chi connectivity index (χ1) is 15.0. The number of quaternary nitrogens is 1. The predicted octanol–water partition coefficient (Wildman–Crippen LogP) is 2.73. The van der Waals surface area contributed by atoms with Crippen LogP contribution in [0.2, 0.25) is 5.02 Å². The monoisotopic (exact) mass is 437 g/mol. The molecule has 3 heterocycles. The molecule has 5 rings (SSSR count). The average Bonchev–Trinajstić information content (AvgIpc) is 3.13. The second-order valence-electron chi connectivity index (χ2n) is 9.04. The Morgan fingerprint density at radius 1 is 1.10 bits per heavy atom. The summed E-state index contributed by atoms with van der Waals surface area (Å²) >= 11 is 6.21. The molecule has 5 nitrogen and oxygen atoms in total. The fourth-order valence-electron chi connectivity index (χ4n) is 5.03. The molecule has 0 unspecified atom stereocenters. The number of amides is 1. The quantitative estimate of drug-likeness (QED) is 0.661. The third-order valence-corrected chi connectivity index (χ3v) is 7.10. The SMILES string of the molecule is Cc1ccc2[nH]c3c(c2c1)CN(C(=O)C[NH+]1CCN(c2cc(Cl)ccc2C)CC1)CC3. The van der Waals surface area contributed by atoms with Crippen LogP contribution in [0.3, 0.4) is 0 Å². The number of carbonyl (C=O) groups excluding carboxylic acids is 1. The van der Waals surface area contributed by atoms with Crippen LogP contribution in [0.4, 0.5) is 5.69 Å². The Balaban J connectivity index is 1.21. The highest BCUT2D eigenvalue weighted by Crippen LogP contribution is 2.28. The number of aromatic nitrogens is 1. The van der Waals surface area contributed by atoms with Crippen molar-refractivity contribution < 1.29 is 9.69 Å². The van der Waals surface area contributed by atoms with Gasteiger partial charge in [-0.05, 0) is 43.7 Å². The van der Waals surface area contributed by atoms with Crippen molar-refractivity contribution in [3.8, 4) is 0 Å². The standard InChI is InChI=1S/C25H29ClN4O/c1-17-3-6-22-20(13-17)21-15-30(8-7-23(21)27-22)25(31)16-28-9-11-29(12-10-28)24-14-19(26)5-4-18(24)2/h3-6,13-14,27H,7-12,15-16H2,1-2H3/p+1. The smallest absolute Gasteiger partial charge is 0.278 e. The molecule has 2 aromatic carbocycles. The first kappa shape index (κ1) is 20.4. The molecular weight excluding hydrogens is 408 g/mol. The van der Waals surface area contributed by atoms with Crippen LogP contribution in [-0.2, 0) is 17.8 Å². The van der Waals surface area contributed by atoms with E-state index in [1.807, 2.05) is 6.07 Å². The lowest BCUT2D eigenvalue weighted by Crippen LogP contribution is -3.15. The molecular formula is C25H30ClN4O+. The summed E-state index contributed by atoms with van der Waals surface area (Å²) in [5.74, 6) is 0.273. The fourth-order valence-corrected chi connectivity index (χ4v) is 5.20. The molecule has 1 amide bonds. The van der Waals surface area contributed by atoms with Gasteiger partial charge in [-0.1, -0.05) is 29.3 Å². The van der Waals surface area contributed by atoms with Crippen LogP contribution in [0.5, 0.6) is 0 Å². The molecule has 2 aliphatic rings. The van der Waals surface area contributed by atoms with Gasteiger partial charge in [0.2, 0.25) is 0 Å². The molecule has 1 saturated heterocycles. The van der Waals surface area contributed by atoms with Gasteiger partial charge in [0.25, 0.3) is 5.91 Å². The van der Waals surface area contributed by atoms with Crippen molar-refractivity contribution in [1.82, 2.24) is 9.88 Å². The van der Waals surface area contributed by atoms with Gasteiger partial charge in [0.05, 0.1) is 26.2 Å². The summed E-state index contributed by atoms with van der Waals surface area (Å²) in [5.41, 5.74) is 7.51. The molecule has 1 fully saturated rings. The minimum absolute atomic E-state index is 0.273. The highest BCUT2D eigenvalue weighted by molar-refractivity contribution is 6.30. The summed E-state index contributed by atoms with van der Waals surface area (Å²) in [6, 6.07) is 12.6. The summed E-state index contributed by atoms with van der Waals surface area (Å²) < 4.78 is 0. The predicted molar refractivity (Wildman–Crippen MR) is 126 cm³/mol. The molecule has 0 atom stereocenters. The van der Waals surface area contributed by atoms with E-state index in [-0.39, 0.29) is 5.91 Å². The van der Waals surface area contributed by atoms with Crippen LogP contribution in [0.15, 0.2) is 36.4 Å². The average molecular weight is 438 g/mol. The lowest BCUT2D eigenvalue weighted by atomic mass is 10.0. The zero-order valence-electron chi connectivity index (χ0n) is 18.3. The number of H-pyrrole nitrogens is 1. The Bertz CT molecular complexity index is 1130. The molecule has 0 aliphatic carbocycles. The zero-order chi connectivity index (χ0) is 21.5. The maximum atomic E-state index is 13.1. The fraction of sp³-hybridized carbons (Fsp3) is 0.400. The Hall–Kier alpha value is -2.50. The number of aromatic amines is 1. The molecule has 0 saturated carbocycles. The van der Waals surface area contributed by atoms with Gasteiger partial charge in [0.1, 0.15) is 0 Å². The maximum Gasteiger partial charge on any atom is 0.278 e. The first-order valence-corrected chi connectivity index (χ1v) is 11.6. The normalized spacial score (nSPS) is 17.3. The Morgan fingerprint density at radius 2 is 1.90 bits per heavy atom. The number of piperazine rings is 1. The van der Waals surface area contributed by atoms with Crippen LogP contribution in [0.1, 0.15) is 22.4 Å². The maximum absolute atomic E-state index is 13.1. The number of hydrogen-bond acceptors (Lipinski definition) is 2. The minimum atomic E-state index is 0.273. The topological polar surface area (TPSA) is 43.8 Å². The largest absolute Gasteiger partial charge is 0.360 e. The lowest BCUT2D eigenvalue weighted by molar-refractivity contribution is -0.892. The van der Waals surface area contributed by atoms with Gasteiger partial charge < -0.3 is 19.7 Å². The van der Waals surface area contributed by atoms with Crippen molar-refractivity contribution >= 4 is 34.1 Å². The van der Waals surface area contributed by atoms with E-state index in [2.05, 4.69) is 59.0 Å². The molecule has 1 aromatic heterocycles. The second-order valence-corrected chi connectivity index (χ2v) is 9.48. The molecule has 0 spiro atoms. The van der Waals surface area contributed by atoms with Crippen molar-refractivity contribution in [3.05, 3.63) is 63.8 Å². The van der Waals surface area contributed by atoms with Gasteiger partial charge in [0.15, 0.2) is 6.54 Å². The number of nitrogens with one attached hydrogen (secondary N) is 2. The molecule has 0 radical (unpaired) electrons. The van der Waals surface area contributed by atoms with E-state index >= 15 is 0 Å². The summed E-state index contributed by atoms with van der Waals surface area (Å²) in [7, 11) is 0. The molecule has 2 aliphatic heterocycles. The number of benzene rings is 2. The zero-order valence-corrected chi connectivity index (χ0v) is 19.1. The van der Waals surface area contributed by atoms with Gasteiger partial charge in [-0.2, -0.15) is 0 Å². The van der Waals surface area contributed by atoms with Crippen LogP contribution in [-0.4, -0.2) is 55.1 Å².